The van der Waals surface area contributed by atoms with Gasteiger partial charge in [-0.1, -0.05) is 17.7 Å². The Morgan fingerprint density at radius 3 is 2.33 bits per heavy atom. The molecule has 3 aromatic rings. The lowest BCUT2D eigenvalue weighted by molar-refractivity contribution is 0.475. The Balaban J connectivity index is 1.84. The van der Waals surface area contributed by atoms with Gasteiger partial charge in [0.1, 0.15) is 10.8 Å². The molecule has 0 aliphatic heterocycles. The summed E-state index contributed by atoms with van der Waals surface area (Å²) in [5, 5.41) is 14.2. The van der Waals surface area contributed by atoms with Gasteiger partial charge in [-0.05, 0) is 57.2 Å². The van der Waals surface area contributed by atoms with Crippen molar-refractivity contribution in [2.75, 3.05) is 0 Å². The summed E-state index contributed by atoms with van der Waals surface area (Å²) in [6.45, 7) is 5.48. The number of aromatic nitrogens is 1. The first-order valence-electron chi connectivity index (χ1n) is 8.16. The van der Waals surface area contributed by atoms with E-state index in [9.17, 15) is 13.5 Å². The number of benzene rings is 2. The second-order valence-electron chi connectivity index (χ2n) is 6.09. The quantitative estimate of drug-likeness (QED) is 0.502. The minimum Gasteiger partial charge on any atom is -0.508 e. The maximum atomic E-state index is 12.4. The third kappa shape index (κ3) is 4.35. The molecule has 8 heteroatoms. The molecule has 0 amide bonds. The number of hydrogen-bond donors (Lipinski definition) is 2. The predicted octanol–water partition coefficient (Wildman–Crippen LogP) is 3.84. The molecule has 3 rings (SSSR count). The highest BCUT2D eigenvalue weighted by molar-refractivity contribution is 7.89. The van der Waals surface area contributed by atoms with Gasteiger partial charge < -0.3 is 5.11 Å². The molecule has 2 aromatic carbocycles. The van der Waals surface area contributed by atoms with Gasteiger partial charge in [-0.2, -0.15) is 18.4 Å². The minimum absolute atomic E-state index is 0.162. The summed E-state index contributed by atoms with van der Waals surface area (Å²) in [6.07, 6.45) is 0. The SMILES string of the molecule is C/C(=N\NS(=O)(=O)c1ccc(C)cc1)c1sc(-c2ccc(O)cc2)nc1C. The van der Waals surface area contributed by atoms with Crippen LogP contribution in [0.4, 0.5) is 0 Å². The average Bonchev–Trinajstić information content (AvgIpc) is 3.02. The van der Waals surface area contributed by atoms with Crippen LogP contribution < -0.4 is 4.83 Å². The number of phenolic OH excluding ortho intramolecular Hbond substituents is 1. The van der Waals surface area contributed by atoms with Crippen LogP contribution in [0.15, 0.2) is 58.5 Å². The minimum atomic E-state index is -3.72. The first kappa shape index (κ1) is 19.1. The molecule has 0 spiro atoms. The molecule has 0 unspecified atom stereocenters. The number of hydrogen-bond acceptors (Lipinski definition) is 6. The number of thiazole rings is 1. The maximum absolute atomic E-state index is 12.4. The van der Waals surface area contributed by atoms with Gasteiger partial charge >= 0.3 is 0 Å². The Hall–Kier alpha value is -2.71. The second kappa shape index (κ2) is 7.50. The van der Waals surface area contributed by atoms with Crippen molar-refractivity contribution >= 4 is 27.1 Å². The van der Waals surface area contributed by atoms with Crippen molar-refractivity contribution in [2.24, 2.45) is 5.10 Å². The fraction of sp³-hybridized carbons (Fsp3) is 0.158. The molecule has 0 aliphatic carbocycles. The summed E-state index contributed by atoms with van der Waals surface area (Å²) in [5.41, 5.74) is 3.15. The summed E-state index contributed by atoms with van der Waals surface area (Å²) in [7, 11) is -3.72. The summed E-state index contributed by atoms with van der Waals surface area (Å²) in [4.78, 5) is 7.76. The van der Waals surface area contributed by atoms with E-state index in [-0.39, 0.29) is 10.6 Å². The van der Waals surface area contributed by atoms with Crippen LogP contribution in [0.5, 0.6) is 5.75 Å². The average molecular weight is 402 g/mol. The van der Waals surface area contributed by atoms with Crippen LogP contribution in [-0.2, 0) is 10.0 Å². The van der Waals surface area contributed by atoms with Crippen LogP contribution in [-0.4, -0.2) is 24.2 Å². The smallest absolute Gasteiger partial charge is 0.276 e. The highest BCUT2D eigenvalue weighted by atomic mass is 32.2. The molecular formula is C19H19N3O3S2. The van der Waals surface area contributed by atoms with Gasteiger partial charge in [0, 0.05) is 5.56 Å². The number of aryl methyl sites for hydroxylation is 2. The van der Waals surface area contributed by atoms with Gasteiger partial charge in [0.2, 0.25) is 0 Å². The molecule has 1 heterocycles. The van der Waals surface area contributed by atoms with E-state index in [2.05, 4.69) is 14.9 Å². The maximum Gasteiger partial charge on any atom is 0.276 e. The van der Waals surface area contributed by atoms with E-state index in [1.807, 2.05) is 13.8 Å². The van der Waals surface area contributed by atoms with Gasteiger partial charge in [-0.3, -0.25) is 0 Å². The number of rotatable bonds is 5. The molecule has 27 heavy (non-hydrogen) atoms. The lowest BCUT2D eigenvalue weighted by Crippen LogP contribution is -2.19. The van der Waals surface area contributed by atoms with Gasteiger partial charge in [-0.15, -0.1) is 11.3 Å². The Morgan fingerprint density at radius 2 is 1.70 bits per heavy atom. The van der Waals surface area contributed by atoms with Gasteiger partial charge in [0.25, 0.3) is 10.0 Å². The van der Waals surface area contributed by atoms with Crippen molar-refractivity contribution in [1.29, 1.82) is 0 Å². The van der Waals surface area contributed by atoms with E-state index in [1.165, 1.54) is 11.3 Å². The van der Waals surface area contributed by atoms with Crippen LogP contribution in [0.1, 0.15) is 23.1 Å². The molecule has 140 valence electrons. The number of aromatic hydroxyl groups is 1. The second-order valence-corrected chi connectivity index (χ2v) is 8.75. The molecule has 6 nitrogen and oxygen atoms in total. The molecule has 1 aromatic heterocycles. The highest BCUT2D eigenvalue weighted by Gasteiger charge is 2.15. The Bertz CT molecular complexity index is 1080. The molecule has 0 atom stereocenters. The first-order chi connectivity index (χ1) is 12.8. The normalized spacial score (nSPS) is 12.2. The molecule has 0 saturated heterocycles. The standard InChI is InChI=1S/C19H19N3O3S2/c1-12-4-10-17(11-5-12)27(24,25)22-21-14(3)18-13(2)20-19(26-18)15-6-8-16(23)9-7-15/h4-11,22-23H,1-3H3/b21-14+. The van der Waals surface area contributed by atoms with Crippen molar-refractivity contribution in [3.05, 3.63) is 64.7 Å². The Kier molecular flexibility index (Phi) is 5.29. The van der Waals surface area contributed by atoms with Crippen molar-refractivity contribution < 1.29 is 13.5 Å². The molecular weight excluding hydrogens is 382 g/mol. The van der Waals surface area contributed by atoms with Crippen LogP contribution in [0, 0.1) is 13.8 Å². The van der Waals surface area contributed by atoms with E-state index in [4.69, 9.17) is 0 Å². The highest BCUT2D eigenvalue weighted by Crippen LogP contribution is 2.29. The summed E-state index contributed by atoms with van der Waals surface area (Å²) in [6, 6.07) is 13.3. The molecule has 0 aliphatic rings. The van der Waals surface area contributed by atoms with Crippen molar-refractivity contribution in [3.63, 3.8) is 0 Å². The summed E-state index contributed by atoms with van der Waals surface area (Å²) < 4.78 is 24.7. The third-order valence-electron chi connectivity index (χ3n) is 3.90. The van der Waals surface area contributed by atoms with E-state index in [1.54, 1.807) is 55.5 Å². The van der Waals surface area contributed by atoms with E-state index < -0.39 is 10.0 Å². The first-order valence-corrected chi connectivity index (χ1v) is 10.5. The van der Waals surface area contributed by atoms with Crippen molar-refractivity contribution in [2.45, 2.75) is 25.7 Å². The number of phenols is 1. The zero-order valence-electron chi connectivity index (χ0n) is 15.1. The Morgan fingerprint density at radius 1 is 1.07 bits per heavy atom. The van der Waals surface area contributed by atoms with Crippen LogP contribution in [0.25, 0.3) is 10.6 Å². The van der Waals surface area contributed by atoms with E-state index in [0.29, 0.717) is 5.71 Å². The third-order valence-corrected chi connectivity index (χ3v) is 6.44. The van der Waals surface area contributed by atoms with E-state index in [0.717, 1.165) is 26.7 Å². The number of sulfonamides is 1. The van der Waals surface area contributed by atoms with Gasteiger partial charge in [0.15, 0.2) is 0 Å². The van der Waals surface area contributed by atoms with Crippen molar-refractivity contribution in [1.82, 2.24) is 9.82 Å². The molecule has 0 bridgehead atoms. The largest absolute Gasteiger partial charge is 0.508 e. The zero-order valence-corrected chi connectivity index (χ0v) is 16.7. The molecule has 0 radical (unpaired) electrons. The lowest BCUT2D eigenvalue weighted by Gasteiger charge is -2.05. The lowest BCUT2D eigenvalue weighted by atomic mass is 10.2. The number of hydrazone groups is 1. The summed E-state index contributed by atoms with van der Waals surface area (Å²) >= 11 is 1.42. The Labute approximate surface area is 162 Å². The molecule has 2 N–H and O–H groups in total. The number of nitrogens with one attached hydrogen (secondary N) is 1. The van der Waals surface area contributed by atoms with Crippen LogP contribution in [0.3, 0.4) is 0 Å². The van der Waals surface area contributed by atoms with Gasteiger partial charge in [-0.25, -0.2) is 4.98 Å². The van der Waals surface area contributed by atoms with Crippen LogP contribution in [0.2, 0.25) is 0 Å². The van der Waals surface area contributed by atoms with Crippen LogP contribution >= 0.6 is 11.3 Å². The molecule has 0 saturated carbocycles. The van der Waals surface area contributed by atoms with E-state index >= 15 is 0 Å². The zero-order chi connectivity index (χ0) is 19.6. The monoisotopic (exact) mass is 401 g/mol. The topological polar surface area (TPSA) is 91.7 Å². The van der Waals surface area contributed by atoms with Gasteiger partial charge in [0.05, 0.1) is 21.2 Å². The number of nitrogens with zero attached hydrogens (tertiary/aromatic N) is 2. The fourth-order valence-corrected chi connectivity index (χ4v) is 4.28. The van der Waals surface area contributed by atoms with Crippen molar-refractivity contribution in [3.8, 4) is 16.3 Å². The summed E-state index contributed by atoms with van der Waals surface area (Å²) in [5.74, 6) is 0.190. The molecule has 0 fully saturated rings. The predicted molar refractivity (Wildman–Crippen MR) is 108 cm³/mol. The fourth-order valence-electron chi connectivity index (χ4n) is 2.41.